The lowest BCUT2D eigenvalue weighted by molar-refractivity contribution is 0.324. The van der Waals surface area contributed by atoms with Gasteiger partial charge in [-0.05, 0) is 30.7 Å². The third-order valence-corrected chi connectivity index (χ3v) is 4.92. The minimum absolute atomic E-state index is 0.553. The van der Waals surface area contributed by atoms with Crippen LogP contribution in [0.3, 0.4) is 0 Å². The molecule has 0 unspecified atom stereocenters. The van der Waals surface area contributed by atoms with Crippen LogP contribution >= 0.6 is 0 Å². The van der Waals surface area contributed by atoms with Crippen molar-refractivity contribution in [3.05, 3.63) is 36.4 Å². The van der Waals surface area contributed by atoms with Crippen LogP contribution in [0.2, 0.25) is 0 Å². The summed E-state index contributed by atoms with van der Waals surface area (Å²) in [5.41, 5.74) is 3.95. The number of methoxy groups -OCH3 is 3. The first-order valence-corrected chi connectivity index (χ1v) is 9.63. The van der Waals surface area contributed by atoms with Crippen LogP contribution in [0.1, 0.15) is 19.8 Å². The topological polar surface area (TPSA) is 71.3 Å². The predicted octanol–water partition coefficient (Wildman–Crippen LogP) is 4.47. The second-order valence-electron chi connectivity index (χ2n) is 6.71. The van der Waals surface area contributed by atoms with E-state index in [1.165, 1.54) is 0 Å². The van der Waals surface area contributed by atoms with E-state index in [0.717, 1.165) is 47.5 Å². The Kier molecular flexibility index (Phi) is 5.20. The van der Waals surface area contributed by atoms with Crippen molar-refractivity contribution in [1.29, 1.82) is 0 Å². The molecule has 4 rings (SSSR count). The second kappa shape index (κ2) is 7.95. The van der Waals surface area contributed by atoms with Crippen LogP contribution in [-0.2, 0) is 6.54 Å². The SMILES string of the molecule is CCCCn1c(-c2cc(OC)c(OC)c(OC)c2)nc2nc3ccccc3nc21. The molecule has 0 atom stereocenters. The smallest absolute Gasteiger partial charge is 0.203 e. The van der Waals surface area contributed by atoms with Crippen LogP contribution in [-0.4, -0.2) is 40.8 Å². The fraction of sp³-hybridized carbons (Fsp3) is 0.318. The summed E-state index contributed by atoms with van der Waals surface area (Å²) in [4.78, 5) is 14.4. The maximum Gasteiger partial charge on any atom is 0.203 e. The van der Waals surface area contributed by atoms with Crippen LogP contribution in [0.25, 0.3) is 33.7 Å². The monoisotopic (exact) mass is 392 g/mol. The molecule has 0 amide bonds. The number of nitrogens with zero attached hydrogens (tertiary/aromatic N) is 4. The van der Waals surface area contributed by atoms with Crippen LogP contribution in [0.15, 0.2) is 36.4 Å². The number of unbranched alkanes of at least 4 members (excludes halogenated alkanes) is 1. The zero-order valence-electron chi connectivity index (χ0n) is 17.1. The first-order valence-electron chi connectivity index (χ1n) is 9.63. The van der Waals surface area contributed by atoms with E-state index in [0.29, 0.717) is 22.9 Å². The van der Waals surface area contributed by atoms with Crippen molar-refractivity contribution in [3.63, 3.8) is 0 Å². The molecule has 0 spiro atoms. The molecular weight excluding hydrogens is 368 g/mol. The van der Waals surface area contributed by atoms with Gasteiger partial charge in [0, 0.05) is 12.1 Å². The highest BCUT2D eigenvalue weighted by atomic mass is 16.5. The Balaban J connectivity index is 1.98. The molecule has 0 aliphatic rings. The van der Waals surface area contributed by atoms with Crippen molar-refractivity contribution in [1.82, 2.24) is 19.5 Å². The second-order valence-corrected chi connectivity index (χ2v) is 6.71. The number of fused-ring (bicyclic) bond motifs is 2. The standard InChI is InChI=1S/C22H24N4O3/c1-5-6-11-26-21(14-12-17(27-2)19(29-4)18(13-14)28-3)25-20-22(26)24-16-10-8-7-9-15(16)23-20/h7-10,12-13H,5-6,11H2,1-4H3. The van der Waals surface area contributed by atoms with Gasteiger partial charge in [-0.2, -0.15) is 0 Å². The third-order valence-electron chi connectivity index (χ3n) is 4.92. The molecule has 2 aromatic carbocycles. The van der Waals surface area contributed by atoms with Crippen molar-refractivity contribution in [2.24, 2.45) is 0 Å². The lowest BCUT2D eigenvalue weighted by Gasteiger charge is -2.15. The van der Waals surface area contributed by atoms with Crippen molar-refractivity contribution in [3.8, 4) is 28.6 Å². The Morgan fingerprint density at radius 3 is 2.10 bits per heavy atom. The van der Waals surface area contributed by atoms with Crippen molar-refractivity contribution >= 4 is 22.3 Å². The molecule has 2 heterocycles. The average Bonchev–Trinajstić information content (AvgIpc) is 3.12. The van der Waals surface area contributed by atoms with Crippen LogP contribution < -0.4 is 14.2 Å². The number of imidazole rings is 1. The molecule has 4 aromatic rings. The highest BCUT2D eigenvalue weighted by molar-refractivity contribution is 5.85. The fourth-order valence-corrected chi connectivity index (χ4v) is 3.46. The molecule has 7 nitrogen and oxygen atoms in total. The zero-order valence-corrected chi connectivity index (χ0v) is 17.1. The molecule has 0 saturated carbocycles. The highest BCUT2D eigenvalue weighted by Crippen LogP contribution is 2.41. The van der Waals surface area contributed by atoms with E-state index >= 15 is 0 Å². The highest BCUT2D eigenvalue weighted by Gasteiger charge is 2.20. The summed E-state index contributed by atoms with van der Waals surface area (Å²) in [5.74, 6) is 2.50. The van der Waals surface area contributed by atoms with E-state index in [1.807, 2.05) is 36.4 Å². The molecular formula is C22H24N4O3. The molecule has 0 N–H and O–H groups in total. The summed E-state index contributed by atoms with van der Waals surface area (Å²) >= 11 is 0. The van der Waals surface area contributed by atoms with Gasteiger partial charge in [0.2, 0.25) is 5.75 Å². The van der Waals surface area contributed by atoms with Gasteiger partial charge < -0.3 is 18.8 Å². The molecule has 29 heavy (non-hydrogen) atoms. The normalized spacial score (nSPS) is 11.2. The molecule has 0 aliphatic heterocycles. The molecule has 0 saturated heterocycles. The number of rotatable bonds is 7. The lowest BCUT2D eigenvalue weighted by Crippen LogP contribution is -2.03. The molecule has 2 aromatic heterocycles. The summed E-state index contributed by atoms with van der Waals surface area (Å²) in [6.07, 6.45) is 2.08. The number of para-hydroxylation sites is 2. The minimum atomic E-state index is 0.553. The van der Waals surface area contributed by atoms with E-state index in [-0.39, 0.29) is 0 Å². The first kappa shape index (κ1) is 19.0. The maximum absolute atomic E-state index is 5.53. The van der Waals surface area contributed by atoms with Gasteiger partial charge in [-0.1, -0.05) is 25.5 Å². The minimum Gasteiger partial charge on any atom is -0.493 e. The number of hydrogen-bond donors (Lipinski definition) is 0. The Hall–Kier alpha value is -3.35. The van der Waals surface area contributed by atoms with Gasteiger partial charge in [0.1, 0.15) is 5.82 Å². The summed E-state index contributed by atoms with van der Waals surface area (Å²) in [6.45, 7) is 2.96. The molecule has 0 aliphatic carbocycles. The van der Waals surface area contributed by atoms with Crippen molar-refractivity contribution in [2.45, 2.75) is 26.3 Å². The molecule has 7 heteroatoms. The first-order chi connectivity index (χ1) is 14.2. The van der Waals surface area contributed by atoms with Crippen molar-refractivity contribution in [2.75, 3.05) is 21.3 Å². The molecule has 150 valence electrons. The lowest BCUT2D eigenvalue weighted by atomic mass is 10.1. The Morgan fingerprint density at radius 1 is 0.862 bits per heavy atom. The number of aryl methyl sites for hydroxylation is 1. The van der Waals surface area contributed by atoms with Crippen molar-refractivity contribution < 1.29 is 14.2 Å². The van der Waals surface area contributed by atoms with Gasteiger partial charge in [-0.25, -0.2) is 15.0 Å². The van der Waals surface area contributed by atoms with Gasteiger partial charge in [0.05, 0.1) is 32.4 Å². The van der Waals surface area contributed by atoms with Crippen LogP contribution in [0.4, 0.5) is 0 Å². The third kappa shape index (κ3) is 3.33. The number of benzene rings is 2. The summed E-state index contributed by atoms with van der Waals surface area (Å²) in [7, 11) is 4.81. The Labute approximate surface area is 169 Å². The van der Waals surface area contributed by atoms with E-state index in [2.05, 4.69) is 11.5 Å². The number of hydrogen-bond acceptors (Lipinski definition) is 6. The molecule has 0 radical (unpaired) electrons. The van der Waals surface area contributed by atoms with Gasteiger partial charge in [0.15, 0.2) is 22.8 Å². The van der Waals surface area contributed by atoms with Gasteiger partial charge >= 0.3 is 0 Å². The quantitative estimate of drug-likeness (QED) is 0.462. The molecule has 0 bridgehead atoms. The Bertz CT molecular complexity index is 1140. The predicted molar refractivity (Wildman–Crippen MR) is 113 cm³/mol. The average molecular weight is 392 g/mol. The van der Waals surface area contributed by atoms with Gasteiger partial charge in [-0.15, -0.1) is 0 Å². The van der Waals surface area contributed by atoms with E-state index in [9.17, 15) is 0 Å². The number of aromatic nitrogens is 4. The van der Waals surface area contributed by atoms with Crippen LogP contribution in [0, 0.1) is 0 Å². The maximum atomic E-state index is 5.53. The molecule has 0 fully saturated rings. The summed E-state index contributed by atoms with van der Waals surface area (Å²) in [5, 5.41) is 0. The van der Waals surface area contributed by atoms with Gasteiger partial charge in [-0.3, -0.25) is 0 Å². The number of ether oxygens (including phenoxy) is 3. The van der Waals surface area contributed by atoms with Crippen LogP contribution in [0.5, 0.6) is 17.2 Å². The fourth-order valence-electron chi connectivity index (χ4n) is 3.46. The van der Waals surface area contributed by atoms with Gasteiger partial charge in [0.25, 0.3) is 0 Å². The summed E-state index contributed by atoms with van der Waals surface area (Å²) in [6, 6.07) is 11.7. The zero-order chi connectivity index (χ0) is 20.4. The Morgan fingerprint density at radius 2 is 1.52 bits per heavy atom. The van der Waals surface area contributed by atoms with E-state index in [4.69, 9.17) is 29.2 Å². The largest absolute Gasteiger partial charge is 0.493 e. The van der Waals surface area contributed by atoms with E-state index < -0.39 is 0 Å². The summed E-state index contributed by atoms with van der Waals surface area (Å²) < 4.78 is 18.6. The van der Waals surface area contributed by atoms with E-state index in [1.54, 1.807) is 21.3 Å².